The zero-order chi connectivity index (χ0) is 15.3. The monoisotopic (exact) mass is 284 g/mol. The first-order chi connectivity index (χ1) is 9.32. The van der Waals surface area contributed by atoms with Crippen molar-refractivity contribution in [3.05, 3.63) is 29.8 Å². The summed E-state index contributed by atoms with van der Waals surface area (Å²) in [5.74, 6) is -2.46. The number of nitrogens with one attached hydrogen (secondary N) is 1. The van der Waals surface area contributed by atoms with Crippen molar-refractivity contribution in [2.75, 3.05) is 11.4 Å². The third-order valence-corrected chi connectivity index (χ3v) is 2.60. The molecule has 0 aliphatic heterocycles. The molecule has 0 heterocycles. The molecule has 0 aromatic heterocycles. The van der Waals surface area contributed by atoms with Crippen LogP contribution >= 0.6 is 0 Å². The van der Waals surface area contributed by atoms with Crippen LogP contribution in [-0.4, -0.2) is 24.4 Å². The second kappa shape index (κ2) is 6.98. The quantitative estimate of drug-likeness (QED) is 0.901. The summed E-state index contributed by atoms with van der Waals surface area (Å²) in [6, 6.07) is 3.33. The minimum absolute atomic E-state index is 0.0223. The first kappa shape index (κ1) is 16.1. The van der Waals surface area contributed by atoms with Gasteiger partial charge in [0.15, 0.2) is 0 Å². The predicted molar refractivity (Wildman–Crippen MR) is 72.3 cm³/mol. The van der Waals surface area contributed by atoms with Gasteiger partial charge in [0.2, 0.25) is 11.8 Å². The van der Waals surface area contributed by atoms with Gasteiger partial charge in [-0.3, -0.25) is 9.59 Å². The van der Waals surface area contributed by atoms with Gasteiger partial charge in [-0.15, -0.1) is 0 Å². The highest BCUT2D eigenvalue weighted by Gasteiger charge is 2.20. The van der Waals surface area contributed by atoms with Crippen molar-refractivity contribution < 1.29 is 18.4 Å². The predicted octanol–water partition coefficient (Wildman–Crippen LogP) is 2.23. The summed E-state index contributed by atoms with van der Waals surface area (Å²) < 4.78 is 27.3. The zero-order valence-electron chi connectivity index (χ0n) is 11.7. The lowest BCUT2D eigenvalue weighted by Crippen LogP contribution is -2.36. The fraction of sp³-hybridized carbons (Fsp3) is 0.429. The van der Waals surface area contributed by atoms with Crippen LogP contribution in [0.15, 0.2) is 18.2 Å². The molecule has 0 radical (unpaired) electrons. The summed E-state index contributed by atoms with van der Waals surface area (Å²) in [6.07, 6.45) is -0.0223. The highest BCUT2D eigenvalue weighted by molar-refractivity contribution is 5.92. The average molecular weight is 284 g/mol. The molecule has 0 aliphatic rings. The average Bonchev–Trinajstić information content (AvgIpc) is 2.31. The van der Waals surface area contributed by atoms with Gasteiger partial charge >= 0.3 is 0 Å². The molecule has 0 fully saturated rings. The lowest BCUT2D eigenvalue weighted by Gasteiger charge is -2.22. The van der Waals surface area contributed by atoms with Gasteiger partial charge in [0.25, 0.3) is 0 Å². The fourth-order valence-corrected chi connectivity index (χ4v) is 1.78. The van der Waals surface area contributed by atoms with E-state index in [1.54, 1.807) is 13.8 Å². The summed E-state index contributed by atoms with van der Waals surface area (Å²) in [5, 5.41) is 2.65. The Bertz CT molecular complexity index is 484. The van der Waals surface area contributed by atoms with Gasteiger partial charge in [0.1, 0.15) is 17.3 Å². The van der Waals surface area contributed by atoms with Crippen LogP contribution in [-0.2, 0) is 9.59 Å². The van der Waals surface area contributed by atoms with Crippen LogP contribution in [0.2, 0.25) is 0 Å². The topological polar surface area (TPSA) is 49.4 Å². The highest BCUT2D eigenvalue weighted by Crippen LogP contribution is 2.23. The van der Waals surface area contributed by atoms with E-state index in [9.17, 15) is 18.4 Å². The van der Waals surface area contributed by atoms with E-state index >= 15 is 0 Å². The summed E-state index contributed by atoms with van der Waals surface area (Å²) in [7, 11) is 0. The van der Waals surface area contributed by atoms with Gasteiger partial charge in [-0.05, 0) is 26.0 Å². The van der Waals surface area contributed by atoms with Gasteiger partial charge in [0, 0.05) is 25.9 Å². The summed E-state index contributed by atoms with van der Waals surface area (Å²) >= 11 is 0. The van der Waals surface area contributed by atoms with Crippen molar-refractivity contribution >= 4 is 17.5 Å². The van der Waals surface area contributed by atoms with Crippen LogP contribution in [0.5, 0.6) is 0 Å². The van der Waals surface area contributed by atoms with Crippen molar-refractivity contribution in [3.63, 3.8) is 0 Å². The number of hydrogen-bond donors (Lipinski definition) is 1. The maximum Gasteiger partial charge on any atom is 0.224 e. The minimum atomic E-state index is -0.829. The van der Waals surface area contributed by atoms with Gasteiger partial charge in [0.05, 0.1) is 0 Å². The van der Waals surface area contributed by atoms with E-state index in [0.717, 1.165) is 17.0 Å². The highest BCUT2D eigenvalue weighted by atomic mass is 19.1. The molecule has 1 rings (SSSR count). The number of carbonyl (C=O) groups is 2. The van der Waals surface area contributed by atoms with Gasteiger partial charge in [-0.2, -0.15) is 0 Å². The molecule has 0 aliphatic carbocycles. The fourth-order valence-electron chi connectivity index (χ4n) is 1.78. The van der Waals surface area contributed by atoms with E-state index in [4.69, 9.17) is 0 Å². The Balaban J connectivity index is 2.86. The van der Waals surface area contributed by atoms with Gasteiger partial charge < -0.3 is 10.2 Å². The molecule has 2 amide bonds. The van der Waals surface area contributed by atoms with E-state index in [1.807, 2.05) is 0 Å². The Morgan fingerprint density at radius 3 is 2.25 bits per heavy atom. The molecule has 1 N–H and O–H groups in total. The molecule has 20 heavy (non-hydrogen) atoms. The van der Waals surface area contributed by atoms with Crippen LogP contribution in [0.1, 0.15) is 27.2 Å². The normalized spacial score (nSPS) is 10.5. The smallest absolute Gasteiger partial charge is 0.224 e. The first-order valence-corrected chi connectivity index (χ1v) is 6.34. The minimum Gasteiger partial charge on any atom is -0.354 e. The number of carbonyl (C=O) groups excluding carboxylic acids is 2. The molecular formula is C14H18F2N2O2. The molecule has 0 unspecified atom stereocenters. The van der Waals surface area contributed by atoms with Crippen molar-refractivity contribution in [2.24, 2.45) is 0 Å². The largest absolute Gasteiger partial charge is 0.354 e. The zero-order valence-corrected chi connectivity index (χ0v) is 11.7. The van der Waals surface area contributed by atoms with Crippen LogP contribution in [0.3, 0.4) is 0 Å². The summed E-state index contributed by atoms with van der Waals surface area (Å²) in [6.45, 7) is 4.73. The third kappa shape index (κ3) is 4.29. The molecule has 1 aromatic rings. The Morgan fingerprint density at radius 2 is 1.80 bits per heavy atom. The van der Waals surface area contributed by atoms with Crippen LogP contribution < -0.4 is 10.2 Å². The van der Waals surface area contributed by atoms with Crippen molar-refractivity contribution in [1.82, 2.24) is 5.32 Å². The molecule has 4 nitrogen and oxygen atoms in total. The second-order valence-electron chi connectivity index (χ2n) is 4.71. The standard InChI is InChI=1S/C14H18F2N2O2/c1-9(2)17-13(20)7-8-18(10(3)19)14-11(15)5-4-6-12(14)16/h4-6,9H,7-8H2,1-3H3,(H,17,20). The number of halogens is 2. The molecule has 0 spiro atoms. The van der Waals surface area contributed by atoms with Crippen molar-refractivity contribution in [3.8, 4) is 0 Å². The molecule has 110 valence electrons. The van der Waals surface area contributed by atoms with E-state index in [-0.39, 0.29) is 24.9 Å². The molecule has 0 saturated heterocycles. The number of nitrogens with zero attached hydrogens (tertiary/aromatic N) is 1. The number of para-hydroxylation sites is 1. The van der Waals surface area contributed by atoms with E-state index < -0.39 is 23.2 Å². The lowest BCUT2D eigenvalue weighted by atomic mass is 10.2. The van der Waals surface area contributed by atoms with Gasteiger partial charge in [-0.25, -0.2) is 8.78 Å². The maximum atomic E-state index is 13.7. The number of benzene rings is 1. The number of anilines is 1. The lowest BCUT2D eigenvalue weighted by molar-refractivity contribution is -0.121. The third-order valence-electron chi connectivity index (χ3n) is 2.60. The van der Waals surface area contributed by atoms with Crippen LogP contribution in [0.4, 0.5) is 14.5 Å². The Hall–Kier alpha value is -1.98. The van der Waals surface area contributed by atoms with Crippen LogP contribution in [0.25, 0.3) is 0 Å². The first-order valence-electron chi connectivity index (χ1n) is 6.34. The Labute approximate surface area is 116 Å². The number of rotatable bonds is 5. The summed E-state index contributed by atoms with van der Waals surface area (Å²) in [4.78, 5) is 24.0. The number of amides is 2. The van der Waals surface area contributed by atoms with Gasteiger partial charge in [-0.1, -0.05) is 6.07 Å². The van der Waals surface area contributed by atoms with E-state index in [2.05, 4.69) is 5.32 Å². The SMILES string of the molecule is CC(=O)N(CCC(=O)NC(C)C)c1c(F)cccc1F. The number of hydrogen-bond acceptors (Lipinski definition) is 2. The molecule has 0 atom stereocenters. The second-order valence-corrected chi connectivity index (χ2v) is 4.71. The molecule has 1 aromatic carbocycles. The Kier molecular flexibility index (Phi) is 5.61. The van der Waals surface area contributed by atoms with Crippen molar-refractivity contribution in [2.45, 2.75) is 33.2 Å². The molecular weight excluding hydrogens is 266 g/mol. The van der Waals surface area contributed by atoms with Crippen molar-refractivity contribution in [1.29, 1.82) is 0 Å². The van der Waals surface area contributed by atoms with Crippen LogP contribution in [0, 0.1) is 11.6 Å². The maximum absolute atomic E-state index is 13.7. The summed E-state index contributed by atoms with van der Waals surface area (Å²) in [5.41, 5.74) is -0.419. The molecule has 0 bridgehead atoms. The van der Waals surface area contributed by atoms with E-state index in [1.165, 1.54) is 13.0 Å². The van der Waals surface area contributed by atoms with E-state index in [0.29, 0.717) is 0 Å². The molecule has 6 heteroatoms. The molecule has 0 saturated carbocycles. The Morgan fingerprint density at radius 1 is 1.25 bits per heavy atom.